The molecule has 0 radical (unpaired) electrons. The standard InChI is InChI=1S/C26H31N5O4S4/c1-2-38(32,33)31-11-9-30(10-12-31)17-21-16-27-25(37-21)23-15-19-4-3-5-22(24(19)28-23)29-39(34,35)26-20(8-13-36-26)14-18-6-7-18/h3-5,8,13,15-16,18,28-29H,2,6-7,9-12,14,17H2,1H3. The molecule has 2 fully saturated rings. The third-order valence-corrected chi connectivity index (χ3v) is 13.1. The monoisotopic (exact) mass is 605 g/mol. The van der Waals surface area contributed by atoms with Gasteiger partial charge in [-0.05, 0) is 61.2 Å². The number of thiazole rings is 1. The molecule has 0 unspecified atom stereocenters. The molecule has 3 aromatic heterocycles. The first kappa shape index (κ1) is 26.9. The fraction of sp³-hybridized carbons (Fsp3) is 0.423. The molecule has 1 aliphatic heterocycles. The minimum atomic E-state index is -3.70. The number of hydrogen-bond donors (Lipinski definition) is 2. The maximum Gasteiger partial charge on any atom is 0.271 e. The van der Waals surface area contributed by atoms with Crippen LogP contribution in [0, 0.1) is 5.92 Å². The number of fused-ring (bicyclic) bond motifs is 1. The average Bonchev–Trinajstić information content (AvgIpc) is 3.27. The molecule has 1 aromatic carbocycles. The van der Waals surface area contributed by atoms with Crippen molar-refractivity contribution in [2.24, 2.45) is 5.92 Å². The summed E-state index contributed by atoms with van der Waals surface area (Å²) in [5.41, 5.74) is 2.97. The van der Waals surface area contributed by atoms with E-state index in [2.05, 4.69) is 19.6 Å². The summed E-state index contributed by atoms with van der Waals surface area (Å²) in [7, 11) is -6.85. The van der Waals surface area contributed by atoms with Crippen LogP contribution in [0.1, 0.15) is 30.2 Å². The number of benzene rings is 1. The summed E-state index contributed by atoms with van der Waals surface area (Å²) in [5.74, 6) is 0.738. The number of rotatable bonds is 10. The van der Waals surface area contributed by atoms with Gasteiger partial charge in [-0.15, -0.1) is 22.7 Å². The molecule has 1 aliphatic carbocycles. The van der Waals surface area contributed by atoms with Gasteiger partial charge in [0.05, 0.1) is 22.7 Å². The molecule has 0 atom stereocenters. The Labute approximate surface area is 237 Å². The van der Waals surface area contributed by atoms with E-state index in [1.165, 1.54) is 24.2 Å². The first-order valence-corrected chi connectivity index (χ1v) is 17.9. The van der Waals surface area contributed by atoms with E-state index < -0.39 is 20.0 Å². The number of thiophene rings is 1. The second kappa shape index (κ2) is 10.6. The molecule has 39 heavy (non-hydrogen) atoms. The van der Waals surface area contributed by atoms with Gasteiger partial charge in [0, 0.05) is 49.2 Å². The van der Waals surface area contributed by atoms with E-state index in [1.54, 1.807) is 28.6 Å². The van der Waals surface area contributed by atoms with E-state index in [0.29, 0.717) is 48.5 Å². The predicted molar refractivity (Wildman–Crippen MR) is 157 cm³/mol. The van der Waals surface area contributed by atoms with Crippen LogP contribution in [0.15, 0.2) is 46.1 Å². The van der Waals surface area contributed by atoms with E-state index in [4.69, 9.17) is 0 Å². The molecule has 2 N–H and O–H groups in total. The average molecular weight is 606 g/mol. The van der Waals surface area contributed by atoms with E-state index in [9.17, 15) is 16.8 Å². The Kier molecular flexibility index (Phi) is 7.31. The van der Waals surface area contributed by atoms with Gasteiger partial charge in [-0.25, -0.2) is 21.8 Å². The van der Waals surface area contributed by atoms with Crippen molar-refractivity contribution in [1.29, 1.82) is 0 Å². The molecule has 9 nitrogen and oxygen atoms in total. The maximum absolute atomic E-state index is 13.3. The number of aromatic amines is 1. The van der Waals surface area contributed by atoms with Gasteiger partial charge in [0.15, 0.2) is 0 Å². The SMILES string of the molecule is CCS(=O)(=O)N1CCN(Cc2cnc(-c3cc4cccc(NS(=O)(=O)c5sccc5CC5CC5)c4[nH]3)s2)CC1. The Hall–Kier alpha value is -2.29. The summed E-state index contributed by atoms with van der Waals surface area (Å²) in [6, 6.07) is 9.50. The van der Waals surface area contributed by atoms with Crippen LogP contribution < -0.4 is 4.72 Å². The van der Waals surface area contributed by atoms with Crippen LogP contribution in [-0.4, -0.2) is 67.9 Å². The van der Waals surface area contributed by atoms with Gasteiger partial charge in [-0.3, -0.25) is 9.62 Å². The number of H-pyrrole nitrogens is 1. The number of piperazine rings is 1. The van der Waals surface area contributed by atoms with Crippen molar-refractivity contribution in [1.82, 2.24) is 19.2 Å². The third-order valence-electron chi connectivity index (χ3n) is 7.31. The van der Waals surface area contributed by atoms with Crippen molar-refractivity contribution in [3.63, 3.8) is 0 Å². The molecule has 2 aliphatic rings. The van der Waals surface area contributed by atoms with Gasteiger partial charge in [-0.1, -0.05) is 12.1 Å². The van der Waals surface area contributed by atoms with Gasteiger partial charge in [-0.2, -0.15) is 4.31 Å². The first-order chi connectivity index (χ1) is 18.7. The van der Waals surface area contributed by atoms with Gasteiger partial charge in [0.25, 0.3) is 10.0 Å². The molecule has 6 rings (SSSR count). The zero-order valence-electron chi connectivity index (χ0n) is 21.6. The first-order valence-electron chi connectivity index (χ1n) is 13.1. The molecule has 0 bridgehead atoms. The van der Waals surface area contributed by atoms with Gasteiger partial charge in [0.1, 0.15) is 9.22 Å². The fourth-order valence-electron chi connectivity index (χ4n) is 4.96. The zero-order chi connectivity index (χ0) is 27.2. The second-order valence-electron chi connectivity index (χ2n) is 10.1. The summed E-state index contributed by atoms with van der Waals surface area (Å²) in [6.45, 7) is 4.79. The van der Waals surface area contributed by atoms with Crippen molar-refractivity contribution in [3.05, 3.63) is 52.3 Å². The maximum atomic E-state index is 13.3. The molecular weight excluding hydrogens is 575 g/mol. The number of aromatic nitrogens is 2. The van der Waals surface area contributed by atoms with Crippen molar-refractivity contribution in [2.45, 2.75) is 36.9 Å². The quantitative estimate of drug-likeness (QED) is 0.274. The number of nitrogens with zero attached hydrogens (tertiary/aromatic N) is 3. The van der Waals surface area contributed by atoms with E-state index in [0.717, 1.165) is 38.5 Å². The normalized spacial score (nSPS) is 17.7. The smallest absolute Gasteiger partial charge is 0.271 e. The molecule has 4 heterocycles. The predicted octanol–water partition coefficient (Wildman–Crippen LogP) is 4.57. The van der Waals surface area contributed by atoms with Crippen molar-refractivity contribution >= 4 is 59.3 Å². The Balaban J connectivity index is 1.17. The van der Waals surface area contributed by atoms with Crippen LogP contribution >= 0.6 is 22.7 Å². The summed E-state index contributed by atoms with van der Waals surface area (Å²) in [4.78, 5) is 11.4. The largest absolute Gasteiger partial charge is 0.351 e. The second-order valence-corrected chi connectivity index (χ2v) is 16.3. The molecule has 13 heteroatoms. The summed E-state index contributed by atoms with van der Waals surface area (Å²) in [5, 5.41) is 3.58. The van der Waals surface area contributed by atoms with Crippen LogP contribution in [0.4, 0.5) is 5.69 Å². The molecular formula is C26H31N5O4S4. The highest BCUT2D eigenvalue weighted by Gasteiger charge is 2.28. The molecule has 4 aromatic rings. The number of sulfonamides is 2. The van der Waals surface area contributed by atoms with Gasteiger partial charge >= 0.3 is 0 Å². The topological polar surface area (TPSA) is 115 Å². The Morgan fingerprint density at radius 1 is 1.10 bits per heavy atom. The number of para-hydroxylation sites is 1. The number of hydrogen-bond acceptors (Lipinski definition) is 8. The highest BCUT2D eigenvalue weighted by atomic mass is 32.2. The molecule has 1 saturated carbocycles. The summed E-state index contributed by atoms with van der Waals surface area (Å²) >= 11 is 2.85. The number of anilines is 1. The minimum Gasteiger partial charge on any atom is -0.351 e. The lowest BCUT2D eigenvalue weighted by atomic mass is 10.2. The van der Waals surface area contributed by atoms with Crippen LogP contribution in [0.25, 0.3) is 21.6 Å². The summed E-state index contributed by atoms with van der Waals surface area (Å²) in [6.07, 6.45) is 5.02. The zero-order valence-corrected chi connectivity index (χ0v) is 24.9. The Bertz CT molecular complexity index is 1690. The minimum absolute atomic E-state index is 0.133. The lowest BCUT2D eigenvalue weighted by Crippen LogP contribution is -2.48. The Morgan fingerprint density at radius 3 is 2.64 bits per heavy atom. The van der Waals surface area contributed by atoms with Crippen LogP contribution in [0.2, 0.25) is 0 Å². The Morgan fingerprint density at radius 2 is 1.90 bits per heavy atom. The van der Waals surface area contributed by atoms with E-state index in [1.807, 2.05) is 35.8 Å². The highest BCUT2D eigenvalue weighted by Crippen LogP contribution is 2.37. The van der Waals surface area contributed by atoms with E-state index in [-0.39, 0.29) is 5.75 Å². The van der Waals surface area contributed by atoms with Gasteiger partial charge in [0.2, 0.25) is 10.0 Å². The molecule has 1 saturated heterocycles. The third kappa shape index (κ3) is 5.79. The van der Waals surface area contributed by atoms with Gasteiger partial charge < -0.3 is 4.98 Å². The lowest BCUT2D eigenvalue weighted by Gasteiger charge is -2.33. The molecule has 0 spiro atoms. The van der Waals surface area contributed by atoms with E-state index >= 15 is 0 Å². The highest BCUT2D eigenvalue weighted by molar-refractivity contribution is 7.94. The van der Waals surface area contributed by atoms with Crippen molar-refractivity contribution in [3.8, 4) is 10.7 Å². The van der Waals surface area contributed by atoms with Crippen molar-refractivity contribution < 1.29 is 16.8 Å². The summed E-state index contributed by atoms with van der Waals surface area (Å²) < 4.78 is 55.7. The van der Waals surface area contributed by atoms with Crippen LogP contribution in [0.5, 0.6) is 0 Å². The number of nitrogens with one attached hydrogen (secondary N) is 2. The molecule has 0 amide bonds. The van der Waals surface area contributed by atoms with Crippen LogP contribution in [-0.2, 0) is 33.0 Å². The fourth-order valence-corrected chi connectivity index (χ4v) is 9.48. The lowest BCUT2D eigenvalue weighted by molar-refractivity contribution is 0.183. The van der Waals surface area contributed by atoms with Crippen LogP contribution in [0.3, 0.4) is 0 Å². The molecule has 208 valence electrons. The van der Waals surface area contributed by atoms with Crippen molar-refractivity contribution in [2.75, 3.05) is 36.7 Å².